The average Bonchev–Trinajstić information content (AvgIpc) is 3.40. The third kappa shape index (κ3) is 5.38. The van der Waals surface area contributed by atoms with Gasteiger partial charge in [0.1, 0.15) is 18.0 Å². The molecule has 1 saturated heterocycles. The summed E-state index contributed by atoms with van der Waals surface area (Å²) in [5.74, 6) is 2.27. The second-order valence-corrected chi connectivity index (χ2v) is 9.15. The molecule has 0 spiro atoms. The van der Waals surface area contributed by atoms with Crippen LogP contribution in [-0.4, -0.2) is 67.8 Å². The van der Waals surface area contributed by atoms with E-state index >= 15 is 0 Å². The van der Waals surface area contributed by atoms with Crippen molar-refractivity contribution in [1.82, 2.24) is 34.8 Å². The molecular weight excluding hydrogens is 512 g/mol. The molecule has 0 aliphatic carbocycles. The fourth-order valence-corrected chi connectivity index (χ4v) is 4.25. The third-order valence-electron chi connectivity index (χ3n) is 6.40. The normalized spacial score (nSPS) is 13.3. The minimum atomic E-state index is -0.0478. The van der Waals surface area contributed by atoms with Crippen molar-refractivity contribution >= 4 is 28.8 Å². The summed E-state index contributed by atoms with van der Waals surface area (Å²) in [6.07, 6.45) is 6.52. The van der Waals surface area contributed by atoms with Gasteiger partial charge in [-0.25, -0.2) is 19.9 Å². The van der Waals surface area contributed by atoms with Crippen LogP contribution in [0.5, 0.6) is 11.6 Å². The molecule has 0 unspecified atom stereocenters. The van der Waals surface area contributed by atoms with Crippen molar-refractivity contribution < 1.29 is 14.4 Å². The van der Waals surface area contributed by atoms with Gasteiger partial charge >= 0.3 is 0 Å². The number of ketones is 1. The number of benzene rings is 1. The monoisotopic (exact) mass is 540 g/mol. The number of carbonyl (C=O) groups excluding carboxylic acids is 1. The molecule has 5 rings (SSSR count). The van der Waals surface area contributed by atoms with Gasteiger partial charge in [-0.05, 0) is 12.1 Å². The van der Waals surface area contributed by atoms with E-state index in [-0.39, 0.29) is 11.7 Å². The van der Waals surface area contributed by atoms with Crippen LogP contribution in [0, 0.1) is 17.2 Å². The fourth-order valence-electron chi connectivity index (χ4n) is 4.25. The van der Waals surface area contributed by atoms with Crippen LogP contribution >= 0.6 is 0 Å². The number of aromatic nitrogens is 6. The van der Waals surface area contributed by atoms with Crippen molar-refractivity contribution in [3.8, 4) is 29.1 Å². The largest absolute Gasteiger partial charge is 0.494 e. The van der Waals surface area contributed by atoms with Gasteiger partial charge < -0.3 is 19.8 Å². The second kappa shape index (κ2) is 11.3. The number of Topliss-reactive ketones (excluding diaryl/α,β-unsaturated/α-hetero) is 1. The Morgan fingerprint density at radius 3 is 2.60 bits per heavy atom. The average molecular weight is 541 g/mol. The van der Waals surface area contributed by atoms with Crippen molar-refractivity contribution in [3.63, 3.8) is 0 Å². The minimum absolute atomic E-state index is 0.0241. The summed E-state index contributed by atoms with van der Waals surface area (Å²) < 4.78 is 7.43. The fraction of sp³-hybridized carbons (Fsp3) is 0.296. The summed E-state index contributed by atoms with van der Waals surface area (Å²) in [7, 11) is 5.25. The Morgan fingerprint density at radius 2 is 1.95 bits per heavy atom. The number of pyridine rings is 1. The van der Waals surface area contributed by atoms with E-state index in [9.17, 15) is 4.79 Å². The van der Waals surface area contributed by atoms with Crippen LogP contribution in [0.2, 0.25) is 0 Å². The molecule has 0 radical (unpaired) electrons. The van der Waals surface area contributed by atoms with Crippen LogP contribution in [0.4, 0.5) is 23.0 Å². The smallest absolute Gasteiger partial charge is 0.256 e. The number of nitrogens with zero attached hydrogens (tertiary/aromatic N) is 9. The van der Waals surface area contributed by atoms with Gasteiger partial charge in [0, 0.05) is 32.8 Å². The van der Waals surface area contributed by atoms with Crippen LogP contribution in [0.1, 0.15) is 23.7 Å². The topological polar surface area (TPSA) is 147 Å². The third-order valence-corrected chi connectivity index (χ3v) is 6.40. The number of hydroxylamine groups is 2. The van der Waals surface area contributed by atoms with Gasteiger partial charge in [0.15, 0.2) is 17.4 Å². The molecule has 0 bridgehead atoms. The predicted molar refractivity (Wildman–Crippen MR) is 147 cm³/mol. The quantitative estimate of drug-likeness (QED) is 0.293. The Morgan fingerprint density at radius 1 is 1.15 bits per heavy atom. The number of rotatable bonds is 10. The number of ether oxygens (including phenoxy) is 1. The molecule has 1 aliphatic rings. The van der Waals surface area contributed by atoms with Crippen LogP contribution in [0.15, 0.2) is 49.2 Å². The van der Waals surface area contributed by atoms with Crippen molar-refractivity contribution in [2.24, 2.45) is 13.0 Å². The SMILES string of the molecule is CCC(=O)c1cnc(Nc2cnc(ON3CC(C#N)C3)cn2)cc1N(C)c1cccc(-c2ncn(C)n2)c1OC. The maximum atomic E-state index is 12.9. The van der Waals surface area contributed by atoms with Gasteiger partial charge in [0.2, 0.25) is 0 Å². The number of hydrogen-bond acceptors (Lipinski definition) is 12. The van der Waals surface area contributed by atoms with Gasteiger partial charge in [-0.3, -0.25) is 9.48 Å². The zero-order chi connectivity index (χ0) is 28.2. The first kappa shape index (κ1) is 26.5. The van der Waals surface area contributed by atoms with Crippen LogP contribution in [-0.2, 0) is 7.05 Å². The van der Waals surface area contributed by atoms with E-state index in [4.69, 9.17) is 14.8 Å². The lowest BCUT2D eigenvalue weighted by atomic mass is 10.1. The molecular formula is C27H28N10O3. The van der Waals surface area contributed by atoms with E-state index in [2.05, 4.69) is 36.4 Å². The Labute approximate surface area is 231 Å². The van der Waals surface area contributed by atoms with Gasteiger partial charge in [-0.2, -0.15) is 10.4 Å². The van der Waals surface area contributed by atoms with Crippen molar-refractivity contribution in [2.45, 2.75) is 13.3 Å². The van der Waals surface area contributed by atoms with E-state index in [1.54, 1.807) is 42.5 Å². The predicted octanol–water partition coefficient (Wildman–Crippen LogP) is 3.53. The van der Waals surface area contributed by atoms with E-state index in [0.717, 1.165) is 11.3 Å². The number of carbonyl (C=O) groups is 1. The number of nitrogens with one attached hydrogen (secondary N) is 1. The van der Waals surface area contributed by atoms with Crippen molar-refractivity contribution in [2.75, 3.05) is 37.5 Å². The highest BCUT2D eigenvalue weighted by atomic mass is 16.7. The van der Waals surface area contributed by atoms with Crippen molar-refractivity contribution in [3.05, 3.63) is 54.7 Å². The lowest BCUT2D eigenvalue weighted by Crippen LogP contribution is -2.47. The zero-order valence-electron chi connectivity index (χ0n) is 22.6. The van der Waals surface area contributed by atoms with E-state index in [0.29, 0.717) is 59.9 Å². The first-order chi connectivity index (χ1) is 19.4. The Balaban J connectivity index is 1.42. The zero-order valence-corrected chi connectivity index (χ0v) is 22.6. The summed E-state index contributed by atoms with van der Waals surface area (Å²) in [6.45, 7) is 2.88. The van der Waals surface area contributed by atoms with E-state index in [1.165, 1.54) is 12.4 Å². The van der Waals surface area contributed by atoms with Crippen LogP contribution < -0.4 is 19.8 Å². The second-order valence-electron chi connectivity index (χ2n) is 9.15. The molecule has 0 amide bonds. The Hall–Kier alpha value is -5.09. The number of nitriles is 1. The summed E-state index contributed by atoms with van der Waals surface area (Å²) in [5, 5.41) is 18.1. The number of para-hydroxylation sites is 1. The number of aryl methyl sites for hydroxylation is 1. The molecule has 3 aromatic heterocycles. The maximum absolute atomic E-state index is 12.9. The summed E-state index contributed by atoms with van der Waals surface area (Å²) in [4.78, 5) is 37.8. The highest BCUT2D eigenvalue weighted by Crippen LogP contribution is 2.40. The standard InChI is InChI=1S/C27H28N10O3/c1-5-22(38)19-11-29-23(33-24-12-31-25(13-30-24)40-37-14-17(10-28)15-37)9-21(19)36(3)20-8-6-7-18(26(20)39-4)27-32-16-35(2)34-27/h6-9,11-13,16-17H,5,14-15H2,1-4H3,(H,29,30,33). The lowest BCUT2D eigenvalue weighted by Gasteiger charge is -2.33. The summed E-state index contributed by atoms with van der Waals surface area (Å²) in [6, 6.07) is 9.66. The molecule has 4 heterocycles. The molecule has 13 nitrogen and oxygen atoms in total. The molecule has 1 aromatic carbocycles. The Bertz CT molecular complexity index is 1560. The number of methoxy groups -OCH3 is 1. The van der Waals surface area contributed by atoms with Gasteiger partial charge in [-0.1, -0.05) is 13.0 Å². The van der Waals surface area contributed by atoms with Gasteiger partial charge in [0.25, 0.3) is 5.88 Å². The molecule has 0 saturated carbocycles. The molecule has 1 N–H and O–H groups in total. The molecule has 1 fully saturated rings. The number of hydrogen-bond donors (Lipinski definition) is 1. The highest BCUT2D eigenvalue weighted by Gasteiger charge is 2.28. The van der Waals surface area contributed by atoms with Crippen molar-refractivity contribution in [1.29, 1.82) is 5.26 Å². The molecule has 40 heavy (non-hydrogen) atoms. The molecule has 4 aromatic rings. The minimum Gasteiger partial charge on any atom is -0.494 e. The van der Waals surface area contributed by atoms with Gasteiger partial charge in [0.05, 0.1) is 67.1 Å². The molecule has 0 atom stereocenters. The summed E-state index contributed by atoms with van der Waals surface area (Å²) in [5.41, 5.74) is 2.55. The molecule has 204 valence electrons. The highest BCUT2D eigenvalue weighted by molar-refractivity contribution is 6.02. The first-order valence-corrected chi connectivity index (χ1v) is 12.6. The van der Waals surface area contributed by atoms with E-state index < -0.39 is 0 Å². The number of anilines is 4. The summed E-state index contributed by atoms with van der Waals surface area (Å²) >= 11 is 0. The Kier molecular flexibility index (Phi) is 7.52. The van der Waals surface area contributed by atoms with E-state index in [1.807, 2.05) is 37.1 Å². The molecule has 13 heteroatoms. The maximum Gasteiger partial charge on any atom is 0.256 e. The lowest BCUT2D eigenvalue weighted by molar-refractivity contribution is -0.130. The first-order valence-electron chi connectivity index (χ1n) is 12.6. The van der Waals surface area contributed by atoms with Crippen LogP contribution in [0.25, 0.3) is 11.4 Å². The van der Waals surface area contributed by atoms with Crippen LogP contribution in [0.3, 0.4) is 0 Å². The molecule has 1 aliphatic heterocycles. The van der Waals surface area contributed by atoms with Gasteiger partial charge in [-0.15, -0.1) is 5.06 Å².